The minimum atomic E-state index is -0.478. The highest BCUT2D eigenvalue weighted by molar-refractivity contribution is 5.54. The van der Waals surface area contributed by atoms with Gasteiger partial charge in [-0.2, -0.15) is 0 Å². The largest absolute Gasteiger partial charge is 0.389 e. The second-order valence-corrected chi connectivity index (χ2v) is 4.21. The van der Waals surface area contributed by atoms with E-state index in [1.807, 2.05) is 24.3 Å². The lowest BCUT2D eigenvalue weighted by Gasteiger charge is -2.27. The summed E-state index contributed by atoms with van der Waals surface area (Å²) in [6, 6.07) is 7.89. The fourth-order valence-corrected chi connectivity index (χ4v) is 1.88. The summed E-state index contributed by atoms with van der Waals surface area (Å²) < 4.78 is 10.3. The highest BCUT2D eigenvalue weighted by Gasteiger charge is 2.13. The average molecular weight is 253 g/mol. The molecule has 0 aliphatic rings. The predicted octanol–water partition coefficient (Wildman–Crippen LogP) is 1.84. The molecule has 0 fully saturated rings. The molecule has 1 atom stereocenters. The topological polar surface area (TPSA) is 41.9 Å². The van der Waals surface area contributed by atoms with E-state index in [0.717, 1.165) is 24.3 Å². The molecule has 1 aromatic rings. The van der Waals surface area contributed by atoms with E-state index in [-0.39, 0.29) is 0 Å². The molecule has 0 spiro atoms. The number of anilines is 1. The van der Waals surface area contributed by atoms with E-state index in [2.05, 4.69) is 4.90 Å². The monoisotopic (exact) mass is 253 g/mol. The molecule has 0 unspecified atom stereocenters. The van der Waals surface area contributed by atoms with Crippen LogP contribution < -0.4 is 4.90 Å². The summed E-state index contributed by atoms with van der Waals surface area (Å²) in [5.41, 5.74) is 1.98. The second-order valence-electron chi connectivity index (χ2n) is 4.21. The van der Waals surface area contributed by atoms with Crippen LogP contribution in [0.4, 0.5) is 5.69 Å². The molecule has 4 heteroatoms. The van der Waals surface area contributed by atoms with E-state index >= 15 is 0 Å². The zero-order chi connectivity index (χ0) is 13.4. The van der Waals surface area contributed by atoms with Gasteiger partial charge in [-0.05, 0) is 13.0 Å². The van der Waals surface area contributed by atoms with Crippen molar-refractivity contribution in [3.05, 3.63) is 29.8 Å². The first-order valence-corrected chi connectivity index (χ1v) is 6.20. The van der Waals surface area contributed by atoms with Crippen molar-refractivity contribution in [1.29, 1.82) is 0 Å². The van der Waals surface area contributed by atoms with Crippen molar-refractivity contribution in [2.75, 3.05) is 45.4 Å². The van der Waals surface area contributed by atoms with Crippen LogP contribution in [0, 0.1) is 0 Å². The maximum Gasteiger partial charge on any atom is 0.0781 e. The zero-order valence-electron chi connectivity index (χ0n) is 11.4. The van der Waals surface area contributed by atoms with Crippen molar-refractivity contribution in [3.63, 3.8) is 0 Å². The number of rotatable bonds is 8. The lowest BCUT2D eigenvalue weighted by atomic mass is 10.1. The van der Waals surface area contributed by atoms with Crippen molar-refractivity contribution in [2.24, 2.45) is 0 Å². The maximum atomic E-state index is 9.82. The third kappa shape index (κ3) is 4.29. The van der Waals surface area contributed by atoms with Gasteiger partial charge in [0, 0.05) is 38.6 Å². The summed E-state index contributed by atoms with van der Waals surface area (Å²) in [5, 5.41) is 9.82. The fourth-order valence-electron chi connectivity index (χ4n) is 1.88. The zero-order valence-corrected chi connectivity index (χ0v) is 11.4. The van der Waals surface area contributed by atoms with Gasteiger partial charge in [-0.25, -0.2) is 0 Å². The minimum Gasteiger partial charge on any atom is -0.389 e. The van der Waals surface area contributed by atoms with Gasteiger partial charge in [0.1, 0.15) is 0 Å². The number of methoxy groups -OCH3 is 2. The lowest BCUT2D eigenvalue weighted by Crippen LogP contribution is -2.31. The quantitative estimate of drug-likeness (QED) is 0.767. The van der Waals surface area contributed by atoms with Gasteiger partial charge in [-0.15, -0.1) is 0 Å². The van der Waals surface area contributed by atoms with Gasteiger partial charge in [0.05, 0.1) is 19.3 Å². The van der Waals surface area contributed by atoms with Crippen LogP contribution in [0.3, 0.4) is 0 Å². The van der Waals surface area contributed by atoms with E-state index in [1.165, 1.54) is 0 Å². The third-order valence-electron chi connectivity index (χ3n) is 2.86. The van der Waals surface area contributed by atoms with E-state index in [9.17, 15) is 5.11 Å². The second kappa shape index (κ2) is 8.08. The van der Waals surface area contributed by atoms with E-state index in [4.69, 9.17) is 9.47 Å². The molecule has 18 heavy (non-hydrogen) atoms. The number of aliphatic hydroxyl groups is 1. The van der Waals surface area contributed by atoms with Crippen molar-refractivity contribution >= 4 is 5.69 Å². The molecule has 0 radical (unpaired) electrons. The summed E-state index contributed by atoms with van der Waals surface area (Å²) in [4.78, 5) is 2.18. The van der Waals surface area contributed by atoms with Crippen LogP contribution in [0.5, 0.6) is 0 Å². The van der Waals surface area contributed by atoms with Crippen molar-refractivity contribution in [1.82, 2.24) is 0 Å². The Hall–Kier alpha value is -1.10. The van der Waals surface area contributed by atoms with Gasteiger partial charge < -0.3 is 19.5 Å². The number of aliphatic hydroxyl groups excluding tert-OH is 1. The Morgan fingerprint density at radius 3 is 2.17 bits per heavy atom. The highest BCUT2D eigenvalue weighted by atomic mass is 16.5. The Bertz CT molecular complexity index is 334. The molecule has 1 N–H and O–H groups in total. The molecule has 102 valence electrons. The number of para-hydroxylation sites is 1. The molecule has 0 saturated carbocycles. The molecule has 0 aliphatic carbocycles. The first-order chi connectivity index (χ1) is 8.70. The first-order valence-electron chi connectivity index (χ1n) is 6.20. The molecule has 0 aromatic heterocycles. The Kier molecular flexibility index (Phi) is 6.72. The molecule has 1 rings (SSSR count). The van der Waals surface area contributed by atoms with E-state index in [0.29, 0.717) is 13.2 Å². The molecule has 4 nitrogen and oxygen atoms in total. The Morgan fingerprint density at radius 2 is 1.67 bits per heavy atom. The van der Waals surface area contributed by atoms with Crippen LogP contribution >= 0.6 is 0 Å². The van der Waals surface area contributed by atoms with E-state index < -0.39 is 6.10 Å². The summed E-state index contributed by atoms with van der Waals surface area (Å²) in [6.07, 6.45) is -0.478. The van der Waals surface area contributed by atoms with Crippen molar-refractivity contribution < 1.29 is 14.6 Å². The third-order valence-corrected chi connectivity index (χ3v) is 2.86. The summed E-state index contributed by atoms with van der Waals surface area (Å²) in [6.45, 7) is 4.65. The number of nitrogens with zero attached hydrogens (tertiary/aromatic N) is 1. The maximum absolute atomic E-state index is 9.82. The van der Waals surface area contributed by atoms with Crippen LogP contribution in [-0.4, -0.2) is 45.6 Å². The molecular weight excluding hydrogens is 230 g/mol. The van der Waals surface area contributed by atoms with Crippen LogP contribution in [0.25, 0.3) is 0 Å². The smallest absolute Gasteiger partial charge is 0.0781 e. The molecule has 0 bridgehead atoms. The van der Waals surface area contributed by atoms with Crippen LogP contribution in [0.2, 0.25) is 0 Å². The molecule has 1 aromatic carbocycles. The summed E-state index contributed by atoms with van der Waals surface area (Å²) >= 11 is 0. The Balaban J connectivity index is 2.88. The van der Waals surface area contributed by atoms with Crippen LogP contribution in [-0.2, 0) is 9.47 Å². The van der Waals surface area contributed by atoms with Gasteiger partial charge in [-0.1, -0.05) is 18.2 Å². The molecule has 0 aliphatic heterocycles. The molecule has 0 saturated heterocycles. The number of ether oxygens (including phenoxy) is 2. The Morgan fingerprint density at radius 1 is 1.11 bits per heavy atom. The molecule has 0 heterocycles. The standard InChI is InChI=1S/C14H23NO3/c1-12(16)13-6-4-5-7-14(13)15(8-10-17-2)9-11-18-3/h4-7,12,16H,8-11H2,1-3H3/t12-/m1/s1. The first kappa shape index (κ1) is 15.0. The average Bonchev–Trinajstić information content (AvgIpc) is 2.39. The summed E-state index contributed by atoms with van der Waals surface area (Å²) in [7, 11) is 3.38. The Labute approximate surface area is 109 Å². The van der Waals surface area contributed by atoms with Gasteiger partial charge in [0.15, 0.2) is 0 Å². The number of benzene rings is 1. The van der Waals surface area contributed by atoms with Gasteiger partial charge in [-0.3, -0.25) is 0 Å². The van der Waals surface area contributed by atoms with Gasteiger partial charge in [0.2, 0.25) is 0 Å². The molecular formula is C14H23NO3. The highest BCUT2D eigenvalue weighted by Crippen LogP contribution is 2.25. The van der Waals surface area contributed by atoms with Crippen LogP contribution in [0.15, 0.2) is 24.3 Å². The van der Waals surface area contributed by atoms with Crippen LogP contribution in [0.1, 0.15) is 18.6 Å². The molecule has 0 amide bonds. The van der Waals surface area contributed by atoms with Gasteiger partial charge >= 0.3 is 0 Å². The summed E-state index contributed by atoms with van der Waals surface area (Å²) in [5.74, 6) is 0. The number of hydrogen-bond donors (Lipinski definition) is 1. The fraction of sp³-hybridized carbons (Fsp3) is 0.571. The van der Waals surface area contributed by atoms with Gasteiger partial charge in [0.25, 0.3) is 0 Å². The van der Waals surface area contributed by atoms with Crippen molar-refractivity contribution in [3.8, 4) is 0 Å². The lowest BCUT2D eigenvalue weighted by molar-refractivity contribution is 0.187. The number of hydrogen-bond acceptors (Lipinski definition) is 4. The van der Waals surface area contributed by atoms with E-state index in [1.54, 1.807) is 21.1 Å². The predicted molar refractivity (Wildman–Crippen MR) is 73.0 cm³/mol. The minimum absolute atomic E-state index is 0.478. The SMILES string of the molecule is COCCN(CCOC)c1ccccc1[C@@H](C)O. The normalized spacial score (nSPS) is 12.4. The van der Waals surface area contributed by atoms with Crippen molar-refractivity contribution in [2.45, 2.75) is 13.0 Å².